The SMILES string of the molecule is CN1C=C(c2cc(F)cc(CC(=O)CNc3nccc(N4CCC(C5CC5)C4=O)c3F)c2)CN1. The van der Waals surface area contributed by atoms with Crippen molar-refractivity contribution >= 4 is 28.8 Å². The number of halogens is 2. The molecule has 9 heteroatoms. The van der Waals surface area contributed by atoms with E-state index in [2.05, 4.69) is 15.7 Å². The maximum absolute atomic E-state index is 15.1. The lowest BCUT2D eigenvalue weighted by atomic mass is 10.0. The standard InChI is InChI=1S/C25H27F2N5O2/c1-31-14-18(12-30-31)17-8-15(9-19(26)11-17)10-20(33)13-29-24-23(27)22(4-6-28-24)32-7-5-21(25(32)34)16-2-3-16/h4,6,8-9,11,14,16,21,30H,2-3,5,7,10,12-13H2,1H3,(H,28,29). The first-order valence-electron chi connectivity index (χ1n) is 11.6. The van der Waals surface area contributed by atoms with Crippen LogP contribution in [-0.2, 0) is 16.0 Å². The second kappa shape index (κ2) is 9.13. The number of carbonyl (C=O) groups excluding carboxylic acids is 2. The molecule has 1 amide bonds. The highest BCUT2D eigenvalue weighted by molar-refractivity contribution is 5.98. The third-order valence-electron chi connectivity index (χ3n) is 6.65. The van der Waals surface area contributed by atoms with E-state index < -0.39 is 11.6 Å². The topological polar surface area (TPSA) is 77.6 Å². The number of pyridine rings is 1. The van der Waals surface area contributed by atoms with Gasteiger partial charge in [0, 0.05) is 44.9 Å². The zero-order valence-corrected chi connectivity index (χ0v) is 19.0. The zero-order valence-electron chi connectivity index (χ0n) is 19.0. The Hall–Kier alpha value is -3.33. The molecule has 178 valence electrons. The van der Waals surface area contributed by atoms with E-state index in [1.807, 2.05) is 13.2 Å². The maximum atomic E-state index is 15.1. The van der Waals surface area contributed by atoms with Gasteiger partial charge in [0.05, 0.1) is 12.2 Å². The first kappa shape index (κ1) is 22.5. The molecule has 1 atom stereocenters. The zero-order chi connectivity index (χ0) is 23.8. The van der Waals surface area contributed by atoms with Crippen molar-refractivity contribution in [3.8, 4) is 0 Å². The summed E-state index contributed by atoms with van der Waals surface area (Å²) in [6.07, 6.45) is 6.19. The van der Waals surface area contributed by atoms with Gasteiger partial charge in [0.2, 0.25) is 5.91 Å². The number of amides is 1. The van der Waals surface area contributed by atoms with Crippen LogP contribution < -0.4 is 15.6 Å². The van der Waals surface area contributed by atoms with Gasteiger partial charge in [0.15, 0.2) is 17.4 Å². The van der Waals surface area contributed by atoms with Gasteiger partial charge >= 0.3 is 0 Å². The van der Waals surface area contributed by atoms with E-state index in [1.54, 1.807) is 11.1 Å². The first-order valence-corrected chi connectivity index (χ1v) is 11.6. The molecule has 2 aromatic rings. The van der Waals surface area contributed by atoms with E-state index >= 15 is 4.39 Å². The Bertz CT molecular complexity index is 1160. The molecule has 5 rings (SSSR count). The summed E-state index contributed by atoms with van der Waals surface area (Å²) in [6, 6.07) is 6.07. The van der Waals surface area contributed by atoms with Crippen LogP contribution in [0.4, 0.5) is 20.3 Å². The van der Waals surface area contributed by atoms with Crippen LogP contribution in [0, 0.1) is 23.5 Å². The van der Waals surface area contributed by atoms with Crippen LogP contribution in [0.5, 0.6) is 0 Å². The Morgan fingerprint density at radius 1 is 1.24 bits per heavy atom. The lowest BCUT2D eigenvalue weighted by Crippen LogP contribution is -2.29. The van der Waals surface area contributed by atoms with Crippen molar-refractivity contribution in [2.75, 3.05) is 36.9 Å². The Labute approximate surface area is 196 Å². The number of rotatable bonds is 8. The Morgan fingerprint density at radius 2 is 2.06 bits per heavy atom. The molecule has 1 saturated carbocycles. The number of nitrogens with zero attached hydrogens (tertiary/aromatic N) is 3. The lowest BCUT2D eigenvalue weighted by Gasteiger charge is -2.19. The maximum Gasteiger partial charge on any atom is 0.230 e. The average molecular weight is 468 g/mol. The molecule has 0 radical (unpaired) electrons. The Morgan fingerprint density at radius 3 is 2.79 bits per heavy atom. The molecule has 1 aliphatic carbocycles. The van der Waals surface area contributed by atoms with Crippen LogP contribution in [0.3, 0.4) is 0 Å². The van der Waals surface area contributed by atoms with Crippen molar-refractivity contribution in [3.63, 3.8) is 0 Å². The van der Waals surface area contributed by atoms with Crippen molar-refractivity contribution in [1.29, 1.82) is 0 Å². The molecule has 1 saturated heterocycles. The fourth-order valence-electron chi connectivity index (χ4n) is 4.76. The molecule has 3 aliphatic rings. The van der Waals surface area contributed by atoms with Gasteiger partial charge in [-0.1, -0.05) is 6.07 Å². The van der Waals surface area contributed by atoms with Gasteiger partial charge in [-0.3, -0.25) is 9.59 Å². The number of ketones is 1. The fourth-order valence-corrected chi connectivity index (χ4v) is 4.76. The molecule has 34 heavy (non-hydrogen) atoms. The van der Waals surface area contributed by atoms with Gasteiger partial charge in [-0.05, 0) is 60.1 Å². The molecule has 0 bridgehead atoms. The summed E-state index contributed by atoms with van der Waals surface area (Å²) in [5, 5.41) is 4.55. The van der Waals surface area contributed by atoms with Gasteiger partial charge in [-0.2, -0.15) is 0 Å². The number of hydrazine groups is 1. The summed E-state index contributed by atoms with van der Waals surface area (Å²) in [4.78, 5) is 30.8. The van der Waals surface area contributed by atoms with Crippen molar-refractivity contribution in [1.82, 2.24) is 15.4 Å². The van der Waals surface area contributed by atoms with Gasteiger partial charge < -0.3 is 15.2 Å². The lowest BCUT2D eigenvalue weighted by molar-refractivity contribution is -0.121. The van der Waals surface area contributed by atoms with Crippen LogP contribution in [0.1, 0.15) is 30.4 Å². The van der Waals surface area contributed by atoms with Crippen molar-refractivity contribution in [2.45, 2.75) is 25.7 Å². The van der Waals surface area contributed by atoms with Crippen LogP contribution in [-0.4, -0.2) is 48.4 Å². The van der Waals surface area contributed by atoms with Gasteiger partial charge in [0.1, 0.15) is 5.82 Å². The molecule has 2 N–H and O–H groups in total. The van der Waals surface area contributed by atoms with Gasteiger partial charge in [-0.15, -0.1) is 0 Å². The van der Waals surface area contributed by atoms with Crippen molar-refractivity contribution < 1.29 is 18.4 Å². The minimum Gasteiger partial charge on any atom is -0.360 e. The summed E-state index contributed by atoms with van der Waals surface area (Å²) in [5.74, 6) is -0.971. The smallest absolute Gasteiger partial charge is 0.230 e. The van der Waals surface area contributed by atoms with E-state index in [4.69, 9.17) is 0 Å². The molecule has 7 nitrogen and oxygen atoms in total. The highest BCUT2D eigenvalue weighted by Gasteiger charge is 2.43. The van der Waals surface area contributed by atoms with Crippen LogP contribution >= 0.6 is 0 Å². The molecule has 2 fully saturated rings. The molecule has 1 unspecified atom stereocenters. The highest BCUT2D eigenvalue weighted by atomic mass is 19.1. The summed E-state index contributed by atoms with van der Waals surface area (Å²) in [5.41, 5.74) is 5.49. The van der Waals surface area contributed by atoms with Crippen molar-refractivity contribution in [3.05, 3.63) is 59.4 Å². The number of hydrogen-bond acceptors (Lipinski definition) is 6. The number of nitrogens with one attached hydrogen (secondary N) is 2. The molecule has 2 aliphatic heterocycles. The summed E-state index contributed by atoms with van der Waals surface area (Å²) < 4.78 is 29.3. The largest absolute Gasteiger partial charge is 0.360 e. The average Bonchev–Trinajstić information content (AvgIpc) is 3.43. The summed E-state index contributed by atoms with van der Waals surface area (Å²) in [6.45, 7) is 0.908. The number of hydrogen-bond donors (Lipinski definition) is 2. The van der Waals surface area contributed by atoms with E-state index in [-0.39, 0.29) is 42.1 Å². The van der Waals surface area contributed by atoms with E-state index in [0.29, 0.717) is 30.1 Å². The summed E-state index contributed by atoms with van der Waals surface area (Å²) in [7, 11) is 1.86. The molecular weight excluding hydrogens is 440 g/mol. The van der Waals surface area contributed by atoms with E-state index in [9.17, 15) is 14.0 Å². The van der Waals surface area contributed by atoms with Gasteiger partial charge in [0.25, 0.3) is 0 Å². The summed E-state index contributed by atoms with van der Waals surface area (Å²) >= 11 is 0. The number of Topliss-reactive ketones (excluding diaryl/α,β-unsaturated/α-hetero) is 1. The molecule has 1 aromatic carbocycles. The first-order chi connectivity index (χ1) is 16.4. The van der Waals surface area contributed by atoms with Gasteiger partial charge in [-0.25, -0.2) is 19.2 Å². The number of anilines is 2. The molecule has 0 spiro atoms. The van der Waals surface area contributed by atoms with Crippen LogP contribution in [0.15, 0.2) is 36.7 Å². The van der Waals surface area contributed by atoms with Crippen molar-refractivity contribution in [2.24, 2.45) is 11.8 Å². The monoisotopic (exact) mass is 467 g/mol. The fraction of sp³-hybridized carbons (Fsp3) is 0.400. The minimum absolute atomic E-state index is 0.00327. The molecule has 3 heterocycles. The minimum atomic E-state index is -0.641. The Balaban J connectivity index is 1.23. The second-order valence-corrected chi connectivity index (χ2v) is 9.23. The third-order valence-corrected chi connectivity index (χ3v) is 6.65. The second-order valence-electron chi connectivity index (χ2n) is 9.23. The highest BCUT2D eigenvalue weighted by Crippen LogP contribution is 2.43. The third kappa shape index (κ3) is 4.65. The number of benzene rings is 1. The number of aromatic nitrogens is 1. The van der Waals surface area contributed by atoms with E-state index in [0.717, 1.165) is 24.8 Å². The predicted molar refractivity (Wildman–Crippen MR) is 125 cm³/mol. The van der Waals surface area contributed by atoms with Crippen LogP contribution in [0.2, 0.25) is 0 Å². The molecular formula is C25H27F2N5O2. The molecule has 1 aromatic heterocycles. The Kier molecular flexibility index (Phi) is 6.03. The van der Waals surface area contributed by atoms with Crippen LogP contribution in [0.25, 0.3) is 5.57 Å². The normalized spacial score (nSPS) is 20.1. The quantitative estimate of drug-likeness (QED) is 0.621. The number of carbonyl (C=O) groups is 2. The predicted octanol–water partition coefficient (Wildman–Crippen LogP) is 3.14. The van der Waals surface area contributed by atoms with E-state index in [1.165, 1.54) is 29.3 Å².